The molecule has 1 amide bonds. The van der Waals surface area contributed by atoms with Gasteiger partial charge in [-0.1, -0.05) is 18.2 Å². The first-order chi connectivity index (χ1) is 15.2. The number of thioether (sulfide) groups is 1. The highest BCUT2D eigenvalue weighted by molar-refractivity contribution is 8.01. The molecule has 172 valence electrons. The van der Waals surface area contributed by atoms with E-state index in [9.17, 15) is 9.59 Å². The topological polar surface area (TPSA) is 65.1 Å². The van der Waals surface area contributed by atoms with Crippen LogP contribution in [0.3, 0.4) is 0 Å². The lowest BCUT2D eigenvalue weighted by atomic mass is 9.96. The third-order valence-electron chi connectivity index (χ3n) is 4.99. The van der Waals surface area contributed by atoms with Crippen LogP contribution in [0.1, 0.15) is 40.5 Å². The van der Waals surface area contributed by atoms with Crippen LogP contribution in [0.4, 0.5) is 4.79 Å². The Morgan fingerprint density at radius 2 is 1.56 bits per heavy atom. The fraction of sp³-hybridized carbons (Fsp3) is 0.440. The molecule has 6 nitrogen and oxygen atoms in total. The van der Waals surface area contributed by atoms with Crippen LogP contribution >= 0.6 is 11.8 Å². The monoisotopic (exact) mass is 457 g/mol. The maximum absolute atomic E-state index is 12.9. The number of amides is 1. The van der Waals surface area contributed by atoms with Crippen molar-refractivity contribution in [1.82, 2.24) is 4.90 Å². The Kier molecular flexibility index (Phi) is 7.72. The number of hydrogen-bond donors (Lipinski definition) is 0. The first-order valence-electron chi connectivity index (χ1n) is 10.9. The van der Waals surface area contributed by atoms with E-state index >= 15 is 0 Å². The van der Waals surface area contributed by atoms with E-state index in [1.54, 1.807) is 4.90 Å². The molecule has 1 aliphatic heterocycles. The van der Waals surface area contributed by atoms with Crippen LogP contribution in [0.15, 0.2) is 59.5 Å². The third kappa shape index (κ3) is 6.42. The lowest BCUT2D eigenvalue weighted by molar-refractivity contribution is -0.147. The highest BCUT2D eigenvalue weighted by atomic mass is 32.2. The van der Waals surface area contributed by atoms with Crippen LogP contribution < -0.4 is 4.74 Å². The molecule has 0 N–H and O–H groups in total. The lowest BCUT2D eigenvalue weighted by Gasteiger charge is -2.39. The zero-order valence-electron chi connectivity index (χ0n) is 19.1. The number of hydrogen-bond acceptors (Lipinski definition) is 6. The molecule has 1 heterocycles. The molecule has 0 atom stereocenters. The van der Waals surface area contributed by atoms with E-state index in [-0.39, 0.29) is 12.1 Å². The Morgan fingerprint density at radius 1 is 0.969 bits per heavy atom. The van der Waals surface area contributed by atoms with Gasteiger partial charge >= 0.3 is 12.1 Å². The smallest absolute Gasteiger partial charge is 0.410 e. The molecule has 7 heteroatoms. The van der Waals surface area contributed by atoms with Crippen LogP contribution in [0.25, 0.3) is 0 Å². The predicted molar refractivity (Wildman–Crippen MR) is 125 cm³/mol. The second-order valence-electron chi connectivity index (χ2n) is 8.67. The number of nitrogens with zero attached hydrogens (tertiary/aromatic N) is 1. The molecule has 2 aromatic carbocycles. The van der Waals surface area contributed by atoms with Gasteiger partial charge in [0.1, 0.15) is 21.8 Å². The van der Waals surface area contributed by atoms with E-state index in [0.717, 1.165) is 16.4 Å². The maximum atomic E-state index is 12.9. The summed E-state index contributed by atoms with van der Waals surface area (Å²) in [5.74, 6) is 1.26. The van der Waals surface area contributed by atoms with Gasteiger partial charge in [-0.25, -0.2) is 4.79 Å². The molecule has 1 aliphatic rings. The molecule has 0 radical (unpaired) electrons. The molecule has 32 heavy (non-hydrogen) atoms. The Bertz CT molecular complexity index is 900. The Morgan fingerprint density at radius 3 is 2.12 bits per heavy atom. The molecule has 0 unspecified atom stereocenters. The summed E-state index contributed by atoms with van der Waals surface area (Å²) in [5.41, 5.74) is -0.551. The van der Waals surface area contributed by atoms with Gasteiger partial charge in [0.2, 0.25) is 0 Å². The quantitative estimate of drug-likeness (QED) is 0.503. The van der Waals surface area contributed by atoms with E-state index in [4.69, 9.17) is 14.2 Å². The molecule has 3 rings (SSSR count). The largest absolute Gasteiger partial charge is 0.465 e. The highest BCUT2D eigenvalue weighted by Crippen LogP contribution is 2.43. The Balaban J connectivity index is 1.69. The summed E-state index contributed by atoms with van der Waals surface area (Å²) >= 11 is 1.49. The minimum Gasteiger partial charge on any atom is -0.465 e. The molecule has 0 bridgehead atoms. The summed E-state index contributed by atoms with van der Waals surface area (Å²) in [6.45, 7) is 8.55. The van der Waals surface area contributed by atoms with Crippen molar-refractivity contribution in [2.75, 3.05) is 19.7 Å². The first-order valence-corrected chi connectivity index (χ1v) is 11.7. The predicted octanol–water partition coefficient (Wildman–Crippen LogP) is 5.90. The molecular weight excluding hydrogens is 426 g/mol. The van der Waals surface area contributed by atoms with Gasteiger partial charge in [-0.15, -0.1) is 11.8 Å². The van der Waals surface area contributed by atoms with E-state index in [1.165, 1.54) is 11.8 Å². The standard InChI is InChI=1S/C25H31NO5S/c1-5-29-22(27)25(15-17-26(18-16-25)23(28)31-24(2,3)4)32-21-13-11-20(12-14-21)30-19-9-7-6-8-10-19/h6-14H,5,15-18H2,1-4H3. The van der Waals surface area contributed by atoms with Crippen molar-refractivity contribution in [3.8, 4) is 11.5 Å². The second kappa shape index (κ2) is 10.3. The summed E-state index contributed by atoms with van der Waals surface area (Å²) in [6.07, 6.45) is 0.651. The lowest BCUT2D eigenvalue weighted by Crippen LogP contribution is -2.50. The second-order valence-corrected chi connectivity index (χ2v) is 10.1. The zero-order valence-corrected chi connectivity index (χ0v) is 19.9. The molecular formula is C25H31NO5S. The SMILES string of the molecule is CCOC(=O)C1(Sc2ccc(Oc3ccccc3)cc2)CCN(C(=O)OC(C)(C)C)CC1. The fourth-order valence-corrected chi connectivity index (χ4v) is 4.67. The van der Waals surface area contributed by atoms with Crippen LogP contribution in [0, 0.1) is 0 Å². The highest BCUT2D eigenvalue weighted by Gasteiger charge is 2.45. The van der Waals surface area contributed by atoms with Crippen LogP contribution in [-0.4, -0.2) is 47.0 Å². The van der Waals surface area contributed by atoms with E-state index in [2.05, 4.69) is 0 Å². The molecule has 1 fully saturated rings. The van der Waals surface area contributed by atoms with Crippen molar-refractivity contribution in [3.63, 3.8) is 0 Å². The van der Waals surface area contributed by atoms with Gasteiger partial charge in [0.15, 0.2) is 0 Å². The van der Waals surface area contributed by atoms with Crippen molar-refractivity contribution >= 4 is 23.8 Å². The van der Waals surface area contributed by atoms with Gasteiger partial charge in [0, 0.05) is 18.0 Å². The molecule has 1 saturated heterocycles. The van der Waals surface area contributed by atoms with Crippen molar-refractivity contribution < 1.29 is 23.8 Å². The third-order valence-corrected chi connectivity index (χ3v) is 6.46. The first kappa shape index (κ1) is 24.0. The average molecular weight is 458 g/mol. The van der Waals surface area contributed by atoms with Gasteiger partial charge in [-0.05, 0) is 76.9 Å². The summed E-state index contributed by atoms with van der Waals surface area (Å²) in [4.78, 5) is 28.0. The molecule has 0 spiro atoms. The van der Waals surface area contributed by atoms with Gasteiger partial charge in [-0.2, -0.15) is 0 Å². The molecule has 0 saturated carbocycles. The van der Waals surface area contributed by atoms with Crippen molar-refractivity contribution in [2.45, 2.75) is 55.8 Å². The molecule has 2 aromatic rings. The minimum absolute atomic E-state index is 0.238. The van der Waals surface area contributed by atoms with E-state index < -0.39 is 10.3 Å². The normalized spacial score (nSPS) is 15.7. The molecule has 0 aromatic heterocycles. The maximum Gasteiger partial charge on any atom is 0.410 e. The van der Waals surface area contributed by atoms with Crippen molar-refractivity contribution in [2.24, 2.45) is 0 Å². The molecule has 0 aliphatic carbocycles. The van der Waals surface area contributed by atoms with E-state index in [0.29, 0.717) is 32.5 Å². The van der Waals surface area contributed by atoms with Gasteiger partial charge in [-0.3, -0.25) is 4.79 Å². The van der Waals surface area contributed by atoms with E-state index in [1.807, 2.05) is 82.3 Å². The van der Waals surface area contributed by atoms with Gasteiger partial charge < -0.3 is 19.1 Å². The number of carbonyl (C=O) groups excluding carboxylic acids is 2. The number of ether oxygens (including phenoxy) is 3. The fourth-order valence-electron chi connectivity index (χ4n) is 3.41. The summed E-state index contributed by atoms with van der Waals surface area (Å²) in [7, 11) is 0. The summed E-state index contributed by atoms with van der Waals surface area (Å²) in [5, 5.41) is 0. The summed E-state index contributed by atoms with van der Waals surface area (Å²) < 4.78 is 16.0. The average Bonchev–Trinajstić information content (AvgIpc) is 2.75. The van der Waals surface area contributed by atoms with Crippen LogP contribution in [0.2, 0.25) is 0 Å². The van der Waals surface area contributed by atoms with Crippen LogP contribution in [0.5, 0.6) is 11.5 Å². The van der Waals surface area contributed by atoms with Crippen molar-refractivity contribution in [1.29, 1.82) is 0 Å². The van der Waals surface area contributed by atoms with Gasteiger partial charge in [0.25, 0.3) is 0 Å². The number of para-hydroxylation sites is 1. The van der Waals surface area contributed by atoms with Gasteiger partial charge in [0.05, 0.1) is 6.61 Å². The number of esters is 1. The summed E-state index contributed by atoms with van der Waals surface area (Å²) in [6, 6.07) is 17.3. The number of likely N-dealkylation sites (tertiary alicyclic amines) is 1. The Hall–Kier alpha value is -2.67. The number of benzene rings is 2. The minimum atomic E-state index is -0.740. The van der Waals surface area contributed by atoms with Crippen LogP contribution in [-0.2, 0) is 14.3 Å². The number of piperidine rings is 1. The Labute approximate surface area is 194 Å². The zero-order chi connectivity index (χ0) is 23.2. The number of rotatable bonds is 6. The van der Waals surface area contributed by atoms with Crippen molar-refractivity contribution in [3.05, 3.63) is 54.6 Å². The number of carbonyl (C=O) groups is 2.